The predicted octanol–water partition coefficient (Wildman–Crippen LogP) is 2.12. The van der Waals surface area contributed by atoms with Gasteiger partial charge < -0.3 is 14.2 Å². The smallest absolute Gasteiger partial charge is 0.232 e. The summed E-state index contributed by atoms with van der Waals surface area (Å²) in [7, 11) is 0. The second kappa shape index (κ2) is 6.36. The number of benzene rings is 1. The van der Waals surface area contributed by atoms with Crippen molar-refractivity contribution >= 4 is 5.91 Å². The third-order valence-electron chi connectivity index (χ3n) is 5.00. The maximum atomic E-state index is 12.8. The molecule has 24 heavy (non-hydrogen) atoms. The Bertz CT molecular complexity index is 709. The lowest BCUT2D eigenvalue weighted by Gasteiger charge is -2.19. The number of likely N-dealkylation sites (tertiary alicyclic amines) is 1. The number of ether oxygens (including phenoxy) is 1. The van der Waals surface area contributed by atoms with Crippen molar-refractivity contribution in [1.29, 1.82) is 0 Å². The van der Waals surface area contributed by atoms with E-state index >= 15 is 0 Å². The molecular formula is C18H21N3O3. The first-order chi connectivity index (χ1) is 11.7. The van der Waals surface area contributed by atoms with Gasteiger partial charge in [0.2, 0.25) is 11.8 Å². The normalized spacial score (nSPS) is 26.9. The van der Waals surface area contributed by atoms with E-state index in [1.165, 1.54) is 5.56 Å². The van der Waals surface area contributed by atoms with Crippen LogP contribution in [0.2, 0.25) is 0 Å². The molecule has 0 aliphatic carbocycles. The van der Waals surface area contributed by atoms with E-state index in [9.17, 15) is 4.79 Å². The molecular weight excluding hydrogens is 306 g/mol. The summed E-state index contributed by atoms with van der Waals surface area (Å²) in [4.78, 5) is 19.2. The minimum Gasteiger partial charge on any atom is -0.381 e. The molecule has 3 atom stereocenters. The number of carbonyl (C=O) groups is 1. The van der Waals surface area contributed by atoms with Gasteiger partial charge >= 0.3 is 0 Å². The van der Waals surface area contributed by atoms with Crippen molar-refractivity contribution in [3.8, 4) is 0 Å². The van der Waals surface area contributed by atoms with Gasteiger partial charge in [-0.15, -0.1) is 0 Å². The highest BCUT2D eigenvalue weighted by Crippen LogP contribution is 2.39. The number of hydrogen-bond acceptors (Lipinski definition) is 5. The number of aryl methyl sites for hydroxylation is 1. The first-order valence-electron chi connectivity index (χ1n) is 8.44. The van der Waals surface area contributed by atoms with Gasteiger partial charge in [-0.3, -0.25) is 4.79 Å². The zero-order valence-electron chi connectivity index (χ0n) is 13.7. The zero-order chi connectivity index (χ0) is 16.5. The van der Waals surface area contributed by atoms with Gasteiger partial charge in [0.25, 0.3) is 0 Å². The largest absolute Gasteiger partial charge is 0.381 e. The summed E-state index contributed by atoms with van der Waals surface area (Å²) in [5.74, 6) is 1.65. The molecule has 2 saturated heterocycles. The minimum absolute atomic E-state index is 0.00963. The molecule has 2 aromatic rings. The summed E-state index contributed by atoms with van der Waals surface area (Å²) in [6.45, 7) is 4.34. The van der Waals surface area contributed by atoms with Gasteiger partial charge in [0, 0.05) is 25.6 Å². The van der Waals surface area contributed by atoms with Crippen LogP contribution >= 0.6 is 0 Å². The molecule has 0 bridgehead atoms. The summed E-state index contributed by atoms with van der Waals surface area (Å²) in [6, 6.07) is 10.3. The fraction of sp³-hybridized carbons (Fsp3) is 0.500. The first-order valence-corrected chi connectivity index (χ1v) is 8.44. The van der Waals surface area contributed by atoms with Crippen LogP contribution in [0.4, 0.5) is 0 Å². The van der Waals surface area contributed by atoms with Crippen molar-refractivity contribution in [1.82, 2.24) is 15.0 Å². The van der Waals surface area contributed by atoms with Gasteiger partial charge in [0.15, 0.2) is 5.82 Å². The number of amides is 1. The van der Waals surface area contributed by atoms with Crippen molar-refractivity contribution in [3.63, 3.8) is 0 Å². The Labute approximate surface area is 140 Å². The SMILES string of the molecule is Cc1noc(C2CN(C(=O)C3CCOC3)CC2c2ccccc2)n1. The number of carbonyl (C=O) groups excluding carboxylic acids is 1. The highest BCUT2D eigenvalue weighted by Gasteiger charge is 2.42. The maximum absolute atomic E-state index is 12.8. The number of nitrogens with zero attached hydrogens (tertiary/aromatic N) is 3. The van der Waals surface area contributed by atoms with Crippen LogP contribution in [0.25, 0.3) is 0 Å². The van der Waals surface area contributed by atoms with Gasteiger partial charge in [0.05, 0.1) is 18.4 Å². The quantitative estimate of drug-likeness (QED) is 0.864. The monoisotopic (exact) mass is 327 g/mol. The van der Waals surface area contributed by atoms with Crippen molar-refractivity contribution in [2.75, 3.05) is 26.3 Å². The molecule has 126 valence electrons. The maximum Gasteiger partial charge on any atom is 0.232 e. The van der Waals surface area contributed by atoms with Crippen LogP contribution in [0, 0.1) is 12.8 Å². The molecule has 1 aromatic carbocycles. The lowest BCUT2D eigenvalue weighted by atomic mass is 9.89. The van der Waals surface area contributed by atoms with Crippen molar-refractivity contribution < 1.29 is 14.1 Å². The fourth-order valence-corrected chi connectivity index (χ4v) is 3.72. The van der Waals surface area contributed by atoms with E-state index in [1.54, 1.807) is 0 Å². The Kier molecular flexibility index (Phi) is 4.06. The molecule has 1 amide bonds. The Morgan fingerprint density at radius 1 is 1.21 bits per heavy atom. The second-order valence-electron chi connectivity index (χ2n) is 6.61. The third kappa shape index (κ3) is 2.82. The first kappa shape index (κ1) is 15.3. The molecule has 3 unspecified atom stereocenters. The summed E-state index contributed by atoms with van der Waals surface area (Å²) < 4.78 is 10.8. The average Bonchev–Trinajstić information content (AvgIpc) is 3.35. The standard InChI is InChI=1S/C18H21N3O3/c1-12-19-17(24-20-12)16-10-21(18(22)14-7-8-23-11-14)9-15(16)13-5-3-2-4-6-13/h2-6,14-16H,7-11H2,1H3. The van der Waals surface area contributed by atoms with Crippen LogP contribution in [-0.2, 0) is 9.53 Å². The molecule has 2 fully saturated rings. The Morgan fingerprint density at radius 3 is 2.67 bits per heavy atom. The van der Waals surface area contributed by atoms with E-state index in [0.29, 0.717) is 38.0 Å². The number of hydrogen-bond donors (Lipinski definition) is 0. The Balaban J connectivity index is 1.61. The number of rotatable bonds is 3. The highest BCUT2D eigenvalue weighted by atomic mass is 16.5. The van der Waals surface area contributed by atoms with Gasteiger partial charge in [-0.25, -0.2) is 0 Å². The van der Waals surface area contributed by atoms with Crippen LogP contribution in [0.15, 0.2) is 34.9 Å². The molecule has 0 radical (unpaired) electrons. The summed E-state index contributed by atoms with van der Waals surface area (Å²) in [6.07, 6.45) is 0.815. The van der Waals surface area contributed by atoms with Crippen molar-refractivity contribution in [2.24, 2.45) is 5.92 Å². The lowest BCUT2D eigenvalue weighted by molar-refractivity contribution is -0.134. The van der Waals surface area contributed by atoms with Gasteiger partial charge in [-0.2, -0.15) is 4.98 Å². The second-order valence-corrected chi connectivity index (χ2v) is 6.61. The van der Waals surface area contributed by atoms with Crippen molar-refractivity contribution in [2.45, 2.75) is 25.2 Å². The van der Waals surface area contributed by atoms with Crippen LogP contribution in [-0.4, -0.2) is 47.3 Å². The van der Waals surface area contributed by atoms with E-state index in [-0.39, 0.29) is 23.7 Å². The van der Waals surface area contributed by atoms with Crippen LogP contribution < -0.4 is 0 Å². The average molecular weight is 327 g/mol. The molecule has 3 heterocycles. The van der Waals surface area contributed by atoms with Crippen LogP contribution in [0.5, 0.6) is 0 Å². The molecule has 0 saturated carbocycles. The summed E-state index contributed by atoms with van der Waals surface area (Å²) in [5.41, 5.74) is 1.20. The predicted molar refractivity (Wildman–Crippen MR) is 86.5 cm³/mol. The van der Waals surface area contributed by atoms with Gasteiger partial charge in [-0.1, -0.05) is 35.5 Å². The lowest BCUT2D eigenvalue weighted by Crippen LogP contribution is -2.34. The molecule has 6 heteroatoms. The molecule has 2 aliphatic rings. The molecule has 4 rings (SSSR count). The molecule has 0 spiro atoms. The highest BCUT2D eigenvalue weighted by molar-refractivity contribution is 5.79. The molecule has 6 nitrogen and oxygen atoms in total. The third-order valence-corrected chi connectivity index (χ3v) is 5.00. The molecule has 2 aliphatic heterocycles. The zero-order valence-corrected chi connectivity index (χ0v) is 13.7. The number of aromatic nitrogens is 2. The van der Waals surface area contributed by atoms with E-state index in [2.05, 4.69) is 22.3 Å². The Hall–Kier alpha value is -2.21. The van der Waals surface area contributed by atoms with E-state index in [1.807, 2.05) is 30.0 Å². The summed E-state index contributed by atoms with van der Waals surface area (Å²) >= 11 is 0. The fourth-order valence-electron chi connectivity index (χ4n) is 3.72. The van der Waals surface area contributed by atoms with E-state index < -0.39 is 0 Å². The minimum atomic E-state index is -0.00963. The van der Waals surface area contributed by atoms with Crippen molar-refractivity contribution in [3.05, 3.63) is 47.6 Å². The van der Waals surface area contributed by atoms with Crippen LogP contribution in [0.3, 0.4) is 0 Å². The van der Waals surface area contributed by atoms with E-state index in [0.717, 1.165) is 6.42 Å². The molecule has 0 N–H and O–H groups in total. The van der Waals surface area contributed by atoms with Crippen LogP contribution in [0.1, 0.15) is 35.5 Å². The Morgan fingerprint density at radius 2 is 2.00 bits per heavy atom. The van der Waals surface area contributed by atoms with Gasteiger partial charge in [-0.05, 0) is 18.9 Å². The van der Waals surface area contributed by atoms with Gasteiger partial charge in [0.1, 0.15) is 0 Å². The van der Waals surface area contributed by atoms with E-state index in [4.69, 9.17) is 9.26 Å². The topological polar surface area (TPSA) is 68.5 Å². The molecule has 1 aromatic heterocycles. The summed E-state index contributed by atoms with van der Waals surface area (Å²) in [5, 5.41) is 3.93.